The minimum absolute atomic E-state index is 0.132. The maximum atomic E-state index is 12.4. The van der Waals surface area contributed by atoms with Crippen molar-refractivity contribution >= 4 is 11.7 Å². The van der Waals surface area contributed by atoms with Crippen molar-refractivity contribution in [2.45, 2.75) is 45.4 Å². The molecule has 0 atom stereocenters. The number of aromatic nitrogens is 1. The zero-order chi connectivity index (χ0) is 20.8. The normalized spacial score (nSPS) is 16.2. The molecule has 2 heterocycles. The van der Waals surface area contributed by atoms with Crippen molar-refractivity contribution in [1.82, 2.24) is 15.2 Å². The zero-order valence-corrected chi connectivity index (χ0v) is 18.0. The molecule has 1 saturated heterocycles. The average Bonchev–Trinajstić information content (AvgIpc) is 3.22. The third kappa shape index (κ3) is 4.88. The largest absolute Gasteiger partial charge is 0.385 e. The number of hydrogen-bond donors (Lipinski definition) is 1. The maximum absolute atomic E-state index is 12.4. The standard InChI is InChI=1S/C22H33N5O2/c1-16(2)21-18-7-4-6-17(18)19(14-23)22(25-21)27-11-9-26(10-12-27)20(28)15-24-8-5-13-29-3/h16,24H,4-13,15H2,1-3H3. The van der Waals surface area contributed by atoms with Gasteiger partial charge in [0, 0.05) is 45.6 Å². The van der Waals surface area contributed by atoms with E-state index in [1.54, 1.807) is 7.11 Å². The summed E-state index contributed by atoms with van der Waals surface area (Å²) in [7, 11) is 1.68. The van der Waals surface area contributed by atoms with Crippen LogP contribution in [0.25, 0.3) is 0 Å². The van der Waals surface area contributed by atoms with Crippen molar-refractivity contribution in [3.05, 3.63) is 22.4 Å². The molecule has 1 N–H and O–H groups in total. The van der Waals surface area contributed by atoms with Gasteiger partial charge in [-0.2, -0.15) is 5.26 Å². The van der Waals surface area contributed by atoms with Crippen molar-refractivity contribution in [3.8, 4) is 6.07 Å². The number of carbonyl (C=O) groups is 1. The number of carbonyl (C=O) groups excluding carboxylic acids is 1. The summed E-state index contributed by atoms with van der Waals surface area (Å²) >= 11 is 0. The molecule has 0 spiro atoms. The highest BCUT2D eigenvalue weighted by molar-refractivity contribution is 5.78. The first-order valence-electron chi connectivity index (χ1n) is 10.7. The SMILES string of the molecule is COCCCNCC(=O)N1CCN(c2nc(C(C)C)c3c(c2C#N)CCC3)CC1. The Labute approximate surface area is 174 Å². The number of rotatable bonds is 8. The smallest absolute Gasteiger partial charge is 0.236 e. The van der Waals surface area contributed by atoms with Gasteiger partial charge in [0.1, 0.15) is 11.9 Å². The molecule has 1 aliphatic carbocycles. The van der Waals surface area contributed by atoms with Gasteiger partial charge in [-0.15, -0.1) is 0 Å². The molecule has 0 aromatic carbocycles. The van der Waals surface area contributed by atoms with Crippen LogP contribution in [-0.2, 0) is 22.4 Å². The van der Waals surface area contributed by atoms with Crippen molar-refractivity contribution < 1.29 is 9.53 Å². The fourth-order valence-corrected chi connectivity index (χ4v) is 4.31. The van der Waals surface area contributed by atoms with Crippen LogP contribution in [0.4, 0.5) is 5.82 Å². The van der Waals surface area contributed by atoms with Crippen molar-refractivity contribution in [1.29, 1.82) is 5.26 Å². The Morgan fingerprint density at radius 2 is 1.97 bits per heavy atom. The predicted octanol–water partition coefficient (Wildman–Crippen LogP) is 1.84. The van der Waals surface area contributed by atoms with Crippen LogP contribution in [-0.4, -0.2) is 68.8 Å². The summed E-state index contributed by atoms with van der Waals surface area (Å²) in [5, 5.41) is 13.0. The molecule has 7 heteroatoms. The van der Waals surface area contributed by atoms with Crippen LogP contribution in [0.1, 0.15) is 55.0 Å². The lowest BCUT2D eigenvalue weighted by Crippen LogP contribution is -2.51. The van der Waals surface area contributed by atoms with Crippen molar-refractivity contribution in [2.75, 3.05) is 57.9 Å². The molecule has 2 aliphatic rings. The highest BCUT2D eigenvalue weighted by Gasteiger charge is 2.29. The number of anilines is 1. The number of nitrogens with zero attached hydrogens (tertiary/aromatic N) is 4. The van der Waals surface area contributed by atoms with Gasteiger partial charge in [-0.05, 0) is 49.3 Å². The molecule has 0 saturated carbocycles. The van der Waals surface area contributed by atoms with E-state index in [0.29, 0.717) is 45.2 Å². The molecule has 0 radical (unpaired) electrons. The number of amides is 1. The minimum atomic E-state index is 0.132. The zero-order valence-electron chi connectivity index (χ0n) is 18.0. The number of nitriles is 1. The van der Waals surface area contributed by atoms with E-state index in [-0.39, 0.29) is 5.91 Å². The second-order valence-corrected chi connectivity index (χ2v) is 8.16. The quantitative estimate of drug-likeness (QED) is 0.672. The van der Waals surface area contributed by atoms with E-state index in [2.05, 4.69) is 30.1 Å². The van der Waals surface area contributed by atoms with Gasteiger partial charge in [0.25, 0.3) is 0 Å². The van der Waals surface area contributed by atoms with Crippen LogP contribution in [0.3, 0.4) is 0 Å². The molecule has 1 amide bonds. The lowest BCUT2D eigenvalue weighted by molar-refractivity contribution is -0.130. The van der Waals surface area contributed by atoms with Gasteiger partial charge in [-0.25, -0.2) is 4.98 Å². The van der Waals surface area contributed by atoms with Gasteiger partial charge in [-0.1, -0.05) is 13.8 Å². The molecule has 1 fully saturated rings. The molecule has 0 bridgehead atoms. The van der Waals surface area contributed by atoms with E-state index in [1.165, 1.54) is 11.1 Å². The van der Waals surface area contributed by atoms with E-state index in [1.807, 2.05) is 4.90 Å². The fraction of sp³-hybridized carbons (Fsp3) is 0.682. The van der Waals surface area contributed by atoms with Crippen LogP contribution in [0.2, 0.25) is 0 Å². The fourth-order valence-electron chi connectivity index (χ4n) is 4.31. The van der Waals surface area contributed by atoms with Gasteiger partial charge in [0.15, 0.2) is 0 Å². The molecule has 1 aliphatic heterocycles. The summed E-state index contributed by atoms with van der Waals surface area (Å²) < 4.78 is 5.02. The lowest BCUT2D eigenvalue weighted by atomic mass is 9.97. The van der Waals surface area contributed by atoms with Gasteiger partial charge in [-0.3, -0.25) is 4.79 Å². The highest BCUT2D eigenvalue weighted by atomic mass is 16.5. The number of piperazine rings is 1. The lowest BCUT2D eigenvalue weighted by Gasteiger charge is -2.36. The topological polar surface area (TPSA) is 81.5 Å². The Kier molecular flexibility index (Phi) is 7.45. The van der Waals surface area contributed by atoms with E-state index in [9.17, 15) is 10.1 Å². The molecule has 0 unspecified atom stereocenters. The Bertz CT molecular complexity index is 763. The third-order valence-corrected chi connectivity index (χ3v) is 5.85. The molecule has 158 valence electrons. The maximum Gasteiger partial charge on any atom is 0.236 e. The summed E-state index contributed by atoms with van der Waals surface area (Å²) in [6, 6.07) is 2.43. The second kappa shape index (κ2) is 10.0. The second-order valence-electron chi connectivity index (χ2n) is 8.16. The summed E-state index contributed by atoms with van der Waals surface area (Å²) in [5.74, 6) is 1.30. The highest BCUT2D eigenvalue weighted by Crippen LogP contribution is 2.35. The summed E-state index contributed by atoms with van der Waals surface area (Å²) in [6.07, 6.45) is 4.01. The van der Waals surface area contributed by atoms with Gasteiger partial charge in [0.2, 0.25) is 5.91 Å². The predicted molar refractivity (Wildman–Crippen MR) is 113 cm³/mol. The van der Waals surface area contributed by atoms with Crippen LogP contribution in [0.5, 0.6) is 0 Å². The molecular weight excluding hydrogens is 366 g/mol. The number of methoxy groups -OCH3 is 1. The first kappa shape index (κ1) is 21.5. The summed E-state index contributed by atoms with van der Waals surface area (Å²) in [6.45, 7) is 8.95. The Balaban J connectivity index is 1.65. The molecular formula is C22H33N5O2. The summed E-state index contributed by atoms with van der Waals surface area (Å²) in [5.41, 5.74) is 4.40. The third-order valence-electron chi connectivity index (χ3n) is 5.85. The first-order chi connectivity index (χ1) is 14.1. The van der Waals surface area contributed by atoms with E-state index >= 15 is 0 Å². The van der Waals surface area contributed by atoms with E-state index < -0.39 is 0 Å². The summed E-state index contributed by atoms with van der Waals surface area (Å²) in [4.78, 5) is 21.5. The number of nitrogens with one attached hydrogen (secondary N) is 1. The van der Waals surface area contributed by atoms with Gasteiger partial charge >= 0.3 is 0 Å². The van der Waals surface area contributed by atoms with Crippen LogP contribution >= 0.6 is 0 Å². The number of fused-ring (bicyclic) bond motifs is 1. The minimum Gasteiger partial charge on any atom is -0.385 e. The van der Waals surface area contributed by atoms with Gasteiger partial charge < -0.3 is 19.9 Å². The van der Waals surface area contributed by atoms with Crippen LogP contribution in [0, 0.1) is 11.3 Å². The Morgan fingerprint density at radius 1 is 1.24 bits per heavy atom. The van der Waals surface area contributed by atoms with Crippen molar-refractivity contribution in [2.24, 2.45) is 0 Å². The molecule has 1 aromatic heterocycles. The van der Waals surface area contributed by atoms with E-state index in [4.69, 9.17) is 9.72 Å². The Morgan fingerprint density at radius 3 is 2.62 bits per heavy atom. The number of hydrogen-bond acceptors (Lipinski definition) is 6. The molecule has 29 heavy (non-hydrogen) atoms. The number of ether oxygens (including phenoxy) is 1. The molecule has 3 rings (SSSR count). The van der Waals surface area contributed by atoms with Gasteiger partial charge in [0.05, 0.1) is 12.1 Å². The van der Waals surface area contributed by atoms with E-state index in [0.717, 1.165) is 49.3 Å². The first-order valence-corrected chi connectivity index (χ1v) is 10.7. The molecule has 1 aromatic rings. The average molecular weight is 400 g/mol. The van der Waals surface area contributed by atoms with Crippen LogP contribution in [0.15, 0.2) is 0 Å². The molecule has 7 nitrogen and oxygen atoms in total. The van der Waals surface area contributed by atoms with Crippen molar-refractivity contribution in [3.63, 3.8) is 0 Å². The Hall–Kier alpha value is -2.17. The van der Waals surface area contributed by atoms with Crippen LogP contribution < -0.4 is 10.2 Å². The monoisotopic (exact) mass is 399 g/mol. The number of pyridine rings is 1.